The number of rotatable bonds is 6. The maximum Gasteiger partial charge on any atom is 0.285 e. The van der Waals surface area contributed by atoms with E-state index in [4.69, 9.17) is 4.74 Å². The number of halogens is 2. The second kappa shape index (κ2) is 6.96. The molecule has 7 heteroatoms. The molecule has 0 radical (unpaired) electrons. The molecule has 3 rings (SSSR count). The van der Waals surface area contributed by atoms with Crippen molar-refractivity contribution in [3.8, 4) is 5.75 Å². The number of aryl methyl sites for hydroxylation is 1. The predicted octanol–water partition coefficient (Wildman–Crippen LogP) is 3.96. The summed E-state index contributed by atoms with van der Waals surface area (Å²) in [4.78, 5) is 6.11. The zero-order valence-corrected chi connectivity index (χ0v) is 16.0. The van der Waals surface area contributed by atoms with Crippen LogP contribution in [0.5, 0.6) is 5.75 Å². The molecule has 0 fully saturated rings. The molecule has 0 saturated heterocycles. The lowest BCUT2D eigenvalue weighted by Crippen LogP contribution is -2.34. The summed E-state index contributed by atoms with van der Waals surface area (Å²) in [5.74, 6) is -2.50. The van der Waals surface area contributed by atoms with Crippen LogP contribution in [0.2, 0.25) is 0 Å². The van der Waals surface area contributed by atoms with Gasteiger partial charge in [-0.05, 0) is 32.8 Å². The number of aromatic nitrogens is 2. The summed E-state index contributed by atoms with van der Waals surface area (Å²) in [6.45, 7) is 4.73. The van der Waals surface area contributed by atoms with Gasteiger partial charge in [-0.1, -0.05) is 12.2 Å². The second-order valence-electron chi connectivity index (χ2n) is 7.52. The minimum Gasteiger partial charge on any atom is -0.494 e. The van der Waals surface area contributed by atoms with Crippen molar-refractivity contribution in [2.24, 2.45) is 0 Å². The summed E-state index contributed by atoms with van der Waals surface area (Å²) in [7, 11) is 1.51. The van der Waals surface area contributed by atoms with E-state index in [0.29, 0.717) is 36.5 Å². The number of ether oxygens (including phenoxy) is 1. The number of allylic oxidation sites excluding steroid dienone is 3. The molecule has 2 aromatic rings. The number of imidazole rings is 1. The number of hydrogen-bond donors (Lipinski definition) is 1. The molecule has 3 heterocycles. The standard InChI is InChI=1S/C20H25F2N3O2/c1-19(2,26)9-8-14-12-24-13-15(16(27-4)11-18(24)23-14)25-10-6-5-7-17(25)20(3,21)22/h5-7,11-13,26H,8-10H2,1-4H3. The van der Waals surface area contributed by atoms with Gasteiger partial charge in [0.2, 0.25) is 0 Å². The van der Waals surface area contributed by atoms with Crippen molar-refractivity contribution in [1.82, 2.24) is 9.38 Å². The van der Waals surface area contributed by atoms with E-state index in [1.165, 1.54) is 13.2 Å². The highest BCUT2D eigenvalue weighted by Gasteiger charge is 2.34. The molecule has 0 saturated carbocycles. The van der Waals surface area contributed by atoms with E-state index in [1.54, 1.807) is 41.5 Å². The van der Waals surface area contributed by atoms with Gasteiger partial charge < -0.3 is 19.1 Å². The number of fused-ring (bicyclic) bond motifs is 1. The SMILES string of the molecule is COc1cc2nc(CCC(C)(C)O)cn2cc1N1CC=CC=C1C(C)(F)F. The topological polar surface area (TPSA) is 50.0 Å². The van der Waals surface area contributed by atoms with Crippen LogP contribution in [0.25, 0.3) is 5.65 Å². The van der Waals surface area contributed by atoms with Crippen LogP contribution in [0, 0.1) is 0 Å². The largest absolute Gasteiger partial charge is 0.494 e. The average molecular weight is 377 g/mol. The molecule has 0 unspecified atom stereocenters. The number of aliphatic hydroxyl groups is 1. The van der Waals surface area contributed by atoms with Crippen LogP contribution in [0.4, 0.5) is 14.5 Å². The molecule has 0 amide bonds. The van der Waals surface area contributed by atoms with Gasteiger partial charge >= 0.3 is 0 Å². The number of pyridine rings is 1. The number of hydrogen-bond acceptors (Lipinski definition) is 4. The third-order valence-electron chi connectivity index (χ3n) is 4.51. The van der Waals surface area contributed by atoms with Crippen molar-refractivity contribution >= 4 is 11.3 Å². The Morgan fingerprint density at radius 1 is 1.26 bits per heavy atom. The Morgan fingerprint density at radius 3 is 2.63 bits per heavy atom. The Bertz CT molecular complexity index is 889. The van der Waals surface area contributed by atoms with Crippen LogP contribution >= 0.6 is 0 Å². The molecule has 5 nitrogen and oxygen atoms in total. The van der Waals surface area contributed by atoms with Crippen molar-refractivity contribution in [3.63, 3.8) is 0 Å². The lowest BCUT2D eigenvalue weighted by molar-refractivity contribution is 0.0603. The van der Waals surface area contributed by atoms with E-state index in [-0.39, 0.29) is 5.70 Å². The summed E-state index contributed by atoms with van der Waals surface area (Å²) in [5, 5.41) is 9.91. The van der Waals surface area contributed by atoms with Crippen LogP contribution < -0.4 is 9.64 Å². The first-order valence-electron chi connectivity index (χ1n) is 8.89. The fraction of sp³-hybridized carbons (Fsp3) is 0.450. The molecule has 146 valence electrons. The van der Waals surface area contributed by atoms with Crippen molar-refractivity contribution < 1.29 is 18.6 Å². The number of anilines is 1. The van der Waals surface area contributed by atoms with Crippen molar-refractivity contribution in [2.45, 2.75) is 45.1 Å². The van der Waals surface area contributed by atoms with E-state index in [0.717, 1.165) is 12.6 Å². The minimum atomic E-state index is -2.97. The molecule has 0 aliphatic carbocycles. The molecule has 0 aromatic carbocycles. The summed E-state index contributed by atoms with van der Waals surface area (Å²) in [6, 6.07) is 1.74. The summed E-state index contributed by atoms with van der Waals surface area (Å²) >= 11 is 0. The van der Waals surface area contributed by atoms with E-state index < -0.39 is 11.5 Å². The van der Waals surface area contributed by atoms with Crippen LogP contribution in [0.1, 0.15) is 32.9 Å². The van der Waals surface area contributed by atoms with Crippen molar-refractivity contribution in [3.05, 3.63) is 48.1 Å². The molecular weight excluding hydrogens is 352 g/mol. The molecular formula is C20H25F2N3O2. The first-order chi connectivity index (χ1) is 12.6. The van der Waals surface area contributed by atoms with Gasteiger partial charge in [-0.2, -0.15) is 0 Å². The van der Waals surface area contributed by atoms with Gasteiger partial charge in [0, 0.05) is 31.9 Å². The van der Waals surface area contributed by atoms with Gasteiger partial charge in [0.15, 0.2) is 0 Å². The molecule has 0 bridgehead atoms. The first kappa shape index (κ1) is 19.4. The highest BCUT2D eigenvalue weighted by molar-refractivity contribution is 5.67. The molecule has 1 aliphatic rings. The van der Waals surface area contributed by atoms with Gasteiger partial charge in [-0.3, -0.25) is 0 Å². The number of nitrogens with zero attached hydrogens (tertiary/aromatic N) is 3. The molecule has 0 atom stereocenters. The third kappa shape index (κ3) is 4.30. The van der Waals surface area contributed by atoms with Crippen LogP contribution in [0.15, 0.2) is 42.4 Å². The van der Waals surface area contributed by atoms with Gasteiger partial charge in [0.25, 0.3) is 5.92 Å². The molecule has 27 heavy (non-hydrogen) atoms. The Labute approximate surface area is 157 Å². The van der Waals surface area contributed by atoms with E-state index in [1.807, 2.05) is 12.3 Å². The third-order valence-corrected chi connectivity index (χ3v) is 4.51. The van der Waals surface area contributed by atoms with Gasteiger partial charge in [-0.25, -0.2) is 13.8 Å². The number of methoxy groups -OCH3 is 1. The first-order valence-corrected chi connectivity index (χ1v) is 8.89. The van der Waals surface area contributed by atoms with Crippen LogP contribution in [-0.2, 0) is 6.42 Å². The monoisotopic (exact) mass is 377 g/mol. The van der Waals surface area contributed by atoms with Crippen molar-refractivity contribution in [1.29, 1.82) is 0 Å². The Kier molecular flexibility index (Phi) is 4.99. The quantitative estimate of drug-likeness (QED) is 0.828. The zero-order valence-electron chi connectivity index (χ0n) is 16.0. The fourth-order valence-corrected chi connectivity index (χ4v) is 3.10. The zero-order chi connectivity index (χ0) is 19.8. The van der Waals surface area contributed by atoms with E-state index in [9.17, 15) is 13.9 Å². The molecule has 1 aliphatic heterocycles. The molecule has 1 N–H and O–H groups in total. The highest BCUT2D eigenvalue weighted by Crippen LogP contribution is 2.37. The van der Waals surface area contributed by atoms with Crippen LogP contribution in [-0.4, -0.2) is 39.7 Å². The van der Waals surface area contributed by atoms with Crippen molar-refractivity contribution in [2.75, 3.05) is 18.6 Å². The maximum absolute atomic E-state index is 14.1. The lowest BCUT2D eigenvalue weighted by Gasteiger charge is -2.32. The Balaban J connectivity index is 2.00. The van der Waals surface area contributed by atoms with Gasteiger partial charge in [0.1, 0.15) is 17.1 Å². The summed E-state index contributed by atoms with van der Waals surface area (Å²) < 4.78 is 35.4. The van der Waals surface area contributed by atoms with Crippen LogP contribution in [0.3, 0.4) is 0 Å². The van der Waals surface area contributed by atoms with E-state index >= 15 is 0 Å². The van der Waals surface area contributed by atoms with Gasteiger partial charge in [-0.15, -0.1) is 0 Å². The Hall–Kier alpha value is -2.41. The highest BCUT2D eigenvalue weighted by atomic mass is 19.3. The average Bonchev–Trinajstić information content (AvgIpc) is 2.99. The predicted molar refractivity (Wildman–Crippen MR) is 102 cm³/mol. The minimum absolute atomic E-state index is 0.0787. The smallest absolute Gasteiger partial charge is 0.285 e. The van der Waals surface area contributed by atoms with Gasteiger partial charge in [0.05, 0.1) is 24.1 Å². The normalized spacial score (nSPS) is 15.4. The fourth-order valence-electron chi connectivity index (χ4n) is 3.10. The maximum atomic E-state index is 14.1. The Morgan fingerprint density at radius 2 is 2.00 bits per heavy atom. The van der Waals surface area contributed by atoms with E-state index in [2.05, 4.69) is 4.98 Å². The second-order valence-corrected chi connectivity index (χ2v) is 7.52. The number of alkyl halides is 2. The summed E-state index contributed by atoms with van der Waals surface area (Å²) in [5.41, 5.74) is 1.19. The molecule has 2 aromatic heterocycles. The molecule has 0 spiro atoms. The summed E-state index contributed by atoms with van der Waals surface area (Å²) in [6.07, 6.45) is 9.70. The lowest BCUT2D eigenvalue weighted by atomic mass is 10.0.